The number of amides is 2. The van der Waals surface area contributed by atoms with Gasteiger partial charge in [-0.15, -0.1) is 11.3 Å². The van der Waals surface area contributed by atoms with Crippen LogP contribution in [0.1, 0.15) is 55.2 Å². The molecule has 25 heavy (non-hydrogen) atoms. The first-order valence-electron chi connectivity index (χ1n) is 8.41. The van der Waals surface area contributed by atoms with Gasteiger partial charge in [-0.3, -0.25) is 14.6 Å². The third-order valence-corrected chi connectivity index (χ3v) is 5.56. The number of carbonyl (C=O) groups excluding carboxylic acids is 2. The van der Waals surface area contributed by atoms with Crippen molar-refractivity contribution in [1.82, 2.24) is 20.2 Å². The van der Waals surface area contributed by atoms with E-state index in [9.17, 15) is 9.59 Å². The number of aryl methyl sites for hydroxylation is 2. The molecule has 1 atom stereocenters. The Kier molecular flexibility index (Phi) is 5.13. The summed E-state index contributed by atoms with van der Waals surface area (Å²) in [5.41, 5.74) is 2.29. The van der Waals surface area contributed by atoms with Gasteiger partial charge in [-0.2, -0.15) is 0 Å². The van der Waals surface area contributed by atoms with Crippen LogP contribution in [0.25, 0.3) is 0 Å². The molecule has 0 aliphatic carbocycles. The van der Waals surface area contributed by atoms with Gasteiger partial charge in [0.1, 0.15) is 4.88 Å². The highest BCUT2D eigenvalue weighted by Gasteiger charge is 2.28. The van der Waals surface area contributed by atoms with Gasteiger partial charge in [-0.1, -0.05) is 0 Å². The molecule has 1 aliphatic rings. The fourth-order valence-corrected chi connectivity index (χ4v) is 4.09. The topological polar surface area (TPSA) is 75.2 Å². The van der Waals surface area contributed by atoms with Crippen molar-refractivity contribution in [3.05, 3.63) is 45.2 Å². The first-order chi connectivity index (χ1) is 12.0. The molecule has 0 bridgehead atoms. The second kappa shape index (κ2) is 7.31. The summed E-state index contributed by atoms with van der Waals surface area (Å²) in [4.78, 5) is 35.9. The number of thiazole rings is 1. The van der Waals surface area contributed by atoms with Crippen molar-refractivity contribution >= 4 is 23.2 Å². The Labute approximate surface area is 151 Å². The van der Waals surface area contributed by atoms with Gasteiger partial charge in [0.25, 0.3) is 11.8 Å². The maximum absolute atomic E-state index is 12.8. The Morgan fingerprint density at radius 1 is 1.32 bits per heavy atom. The van der Waals surface area contributed by atoms with Crippen molar-refractivity contribution in [1.29, 1.82) is 0 Å². The average Bonchev–Trinajstić information content (AvgIpc) is 2.98. The SMILES string of the molecule is CNC(=O)c1ccc([C@H]2CCCN(C(=O)c3sc(C)nc3C)C2)nc1. The fraction of sp³-hybridized carbons (Fsp3) is 0.444. The predicted molar refractivity (Wildman–Crippen MR) is 97.1 cm³/mol. The maximum atomic E-state index is 12.8. The van der Waals surface area contributed by atoms with Gasteiger partial charge in [-0.25, -0.2) is 4.98 Å². The number of piperidine rings is 1. The van der Waals surface area contributed by atoms with Gasteiger partial charge in [-0.05, 0) is 38.8 Å². The maximum Gasteiger partial charge on any atom is 0.265 e. The molecule has 2 aromatic heterocycles. The summed E-state index contributed by atoms with van der Waals surface area (Å²) in [7, 11) is 1.60. The summed E-state index contributed by atoms with van der Waals surface area (Å²) in [6, 6.07) is 3.68. The summed E-state index contributed by atoms with van der Waals surface area (Å²) < 4.78 is 0. The number of carbonyl (C=O) groups is 2. The lowest BCUT2D eigenvalue weighted by Gasteiger charge is -2.32. The van der Waals surface area contributed by atoms with Gasteiger partial charge in [0, 0.05) is 37.9 Å². The van der Waals surface area contributed by atoms with E-state index >= 15 is 0 Å². The molecule has 3 rings (SSSR count). The number of aromatic nitrogens is 2. The molecule has 0 aromatic carbocycles. The van der Waals surface area contributed by atoms with Crippen molar-refractivity contribution in [2.45, 2.75) is 32.6 Å². The van der Waals surface area contributed by atoms with E-state index in [0.29, 0.717) is 12.1 Å². The monoisotopic (exact) mass is 358 g/mol. The Hall–Kier alpha value is -2.28. The second-order valence-electron chi connectivity index (χ2n) is 6.29. The zero-order chi connectivity index (χ0) is 18.0. The highest BCUT2D eigenvalue weighted by atomic mass is 32.1. The van der Waals surface area contributed by atoms with Crippen LogP contribution < -0.4 is 5.32 Å². The van der Waals surface area contributed by atoms with Gasteiger partial charge >= 0.3 is 0 Å². The van der Waals surface area contributed by atoms with Crippen LogP contribution in [0, 0.1) is 13.8 Å². The minimum Gasteiger partial charge on any atom is -0.355 e. The Morgan fingerprint density at radius 2 is 2.12 bits per heavy atom. The zero-order valence-electron chi connectivity index (χ0n) is 14.7. The third-order valence-electron chi connectivity index (χ3n) is 4.50. The average molecular weight is 358 g/mol. The molecule has 3 heterocycles. The molecule has 1 saturated heterocycles. The van der Waals surface area contributed by atoms with Crippen molar-refractivity contribution in [2.24, 2.45) is 0 Å². The third kappa shape index (κ3) is 3.71. The molecule has 7 heteroatoms. The Morgan fingerprint density at radius 3 is 2.72 bits per heavy atom. The predicted octanol–water partition coefficient (Wildman–Crippen LogP) is 2.53. The zero-order valence-corrected chi connectivity index (χ0v) is 15.5. The molecular formula is C18H22N4O2S. The van der Waals surface area contributed by atoms with Crippen LogP contribution in [-0.4, -0.2) is 46.8 Å². The minimum absolute atomic E-state index is 0.0646. The number of pyridine rings is 1. The molecule has 2 aromatic rings. The first kappa shape index (κ1) is 17.5. The lowest BCUT2D eigenvalue weighted by molar-refractivity contribution is 0.0709. The summed E-state index contributed by atoms with van der Waals surface area (Å²) in [5, 5.41) is 3.51. The van der Waals surface area contributed by atoms with Gasteiger partial charge < -0.3 is 10.2 Å². The van der Waals surface area contributed by atoms with Crippen LogP contribution in [0.3, 0.4) is 0 Å². The molecule has 1 aliphatic heterocycles. The number of nitrogens with one attached hydrogen (secondary N) is 1. The van der Waals surface area contributed by atoms with E-state index in [0.717, 1.165) is 40.7 Å². The number of hydrogen-bond acceptors (Lipinski definition) is 5. The molecule has 0 spiro atoms. The van der Waals surface area contributed by atoms with E-state index in [1.54, 1.807) is 19.3 Å². The lowest BCUT2D eigenvalue weighted by atomic mass is 9.94. The van der Waals surface area contributed by atoms with Gasteiger partial charge in [0.05, 0.1) is 16.3 Å². The van der Waals surface area contributed by atoms with E-state index in [2.05, 4.69) is 15.3 Å². The minimum atomic E-state index is -0.143. The molecule has 0 unspecified atom stereocenters. The van der Waals surface area contributed by atoms with Crippen molar-refractivity contribution < 1.29 is 9.59 Å². The summed E-state index contributed by atoms with van der Waals surface area (Å²) in [5.74, 6) is 0.121. The van der Waals surface area contributed by atoms with Gasteiger partial charge in [0.15, 0.2) is 0 Å². The van der Waals surface area contributed by atoms with E-state index in [1.165, 1.54) is 11.3 Å². The second-order valence-corrected chi connectivity index (χ2v) is 7.49. The molecule has 0 saturated carbocycles. The van der Waals surface area contributed by atoms with Crippen LogP contribution in [0.5, 0.6) is 0 Å². The summed E-state index contributed by atoms with van der Waals surface area (Å²) in [6.45, 7) is 5.23. The standard InChI is InChI=1S/C18H22N4O2S/c1-11-16(25-12(2)21-11)18(24)22-8-4-5-14(10-22)15-7-6-13(9-20-15)17(23)19-3/h6-7,9,14H,4-5,8,10H2,1-3H3,(H,19,23)/t14-/m0/s1. The van der Waals surface area contributed by atoms with Crippen LogP contribution in [0.2, 0.25) is 0 Å². The summed E-state index contributed by atoms with van der Waals surface area (Å²) in [6.07, 6.45) is 3.55. The first-order valence-corrected chi connectivity index (χ1v) is 9.22. The largest absolute Gasteiger partial charge is 0.355 e. The Bertz CT molecular complexity index is 785. The fourth-order valence-electron chi connectivity index (χ4n) is 3.20. The van der Waals surface area contributed by atoms with E-state index in [4.69, 9.17) is 0 Å². The number of likely N-dealkylation sites (tertiary alicyclic amines) is 1. The number of hydrogen-bond donors (Lipinski definition) is 1. The van der Waals surface area contributed by atoms with E-state index < -0.39 is 0 Å². The van der Waals surface area contributed by atoms with E-state index in [1.807, 2.05) is 24.8 Å². The van der Waals surface area contributed by atoms with Crippen LogP contribution in [0.15, 0.2) is 18.3 Å². The van der Waals surface area contributed by atoms with Crippen molar-refractivity contribution in [3.63, 3.8) is 0 Å². The molecule has 0 radical (unpaired) electrons. The van der Waals surface area contributed by atoms with Gasteiger partial charge in [0.2, 0.25) is 0 Å². The quantitative estimate of drug-likeness (QED) is 0.915. The molecule has 1 N–H and O–H groups in total. The highest BCUT2D eigenvalue weighted by Crippen LogP contribution is 2.28. The van der Waals surface area contributed by atoms with E-state index in [-0.39, 0.29) is 17.7 Å². The normalized spacial score (nSPS) is 17.4. The smallest absolute Gasteiger partial charge is 0.265 e. The van der Waals surface area contributed by atoms with Crippen molar-refractivity contribution in [2.75, 3.05) is 20.1 Å². The molecule has 1 fully saturated rings. The highest BCUT2D eigenvalue weighted by molar-refractivity contribution is 7.13. The molecule has 132 valence electrons. The number of rotatable bonds is 3. The molecule has 6 nitrogen and oxygen atoms in total. The van der Waals surface area contributed by atoms with Crippen molar-refractivity contribution in [3.8, 4) is 0 Å². The molecule has 2 amide bonds. The number of nitrogens with zero attached hydrogens (tertiary/aromatic N) is 3. The summed E-state index contributed by atoms with van der Waals surface area (Å²) >= 11 is 1.46. The van der Waals surface area contributed by atoms with Crippen LogP contribution >= 0.6 is 11.3 Å². The lowest BCUT2D eigenvalue weighted by Crippen LogP contribution is -2.39. The molecular weight excluding hydrogens is 336 g/mol. The van der Waals surface area contributed by atoms with Crippen LogP contribution in [0.4, 0.5) is 0 Å². The Balaban J connectivity index is 1.73. The van der Waals surface area contributed by atoms with Crippen LogP contribution in [-0.2, 0) is 0 Å².